The third kappa shape index (κ3) is 9.62. The molecule has 0 bridgehead atoms. The Morgan fingerprint density at radius 3 is 2.31 bits per heavy atom. The Hall–Kier alpha value is -3.52. The fraction of sp³-hybridized carbons (Fsp3) is 0.636. The zero-order chi connectivity index (χ0) is 26.5. The number of carboxylic acid groups (broad SMARTS) is 1. The summed E-state index contributed by atoms with van der Waals surface area (Å²) in [6.07, 6.45) is 5.39. The fourth-order valence-electron chi connectivity index (χ4n) is 3.86. The van der Waals surface area contributed by atoms with Gasteiger partial charge in [0.1, 0.15) is 18.1 Å². The number of H-pyrrole nitrogens is 1. The number of nitrogens with two attached hydrogens (primary N) is 2. The Morgan fingerprint density at radius 2 is 1.75 bits per heavy atom. The molecule has 0 aliphatic carbocycles. The molecule has 0 radical (unpaired) electrons. The molecule has 1 aromatic heterocycles. The standard InChI is InChI=1S/C22H36N8O6/c23-8-2-1-4-15(28-19(32)14-5-3-9-26-14)20(33)29-16(6-7-18(24)31)21(34)30-17(22(35)36)10-13-11-25-12-27-13/h11-12,14-17,26H,1-10,23H2,(H2,24,31)(H,25,27)(H,28,32)(H,29,33)(H,30,34)(H,35,36). The van der Waals surface area contributed by atoms with Gasteiger partial charge in [-0.3, -0.25) is 19.2 Å². The minimum absolute atomic E-state index is 0.0658. The number of carboxylic acids is 1. The van der Waals surface area contributed by atoms with Gasteiger partial charge in [-0.1, -0.05) is 0 Å². The summed E-state index contributed by atoms with van der Waals surface area (Å²) in [6, 6.07) is -3.88. The topological polar surface area (TPSA) is 234 Å². The molecule has 4 atom stereocenters. The van der Waals surface area contributed by atoms with E-state index in [9.17, 15) is 29.1 Å². The number of aromatic nitrogens is 2. The lowest BCUT2D eigenvalue weighted by molar-refractivity contribution is -0.142. The second-order valence-electron chi connectivity index (χ2n) is 8.74. The first kappa shape index (κ1) is 28.7. The number of primary amides is 1. The van der Waals surface area contributed by atoms with Crippen molar-refractivity contribution < 1.29 is 29.1 Å². The highest BCUT2D eigenvalue weighted by molar-refractivity contribution is 5.94. The summed E-state index contributed by atoms with van der Waals surface area (Å²) < 4.78 is 0. The Bertz CT molecular complexity index is 887. The summed E-state index contributed by atoms with van der Waals surface area (Å²) in [6.45, 7) is 1.13. The molecule has 0 aromatic carbocycles. The van der Waals surface area contributed by atoms with Gasteiger partial charge in [0.05, 0.1) is 12.4 Å². The lowest BCUT2D eigenvalue weighted by Gasteiger charge is -2.25. The van der Waals surface area contributed by atoms with Crippen LogP contribution in [0.1, 0.15) is 50.6 Å². The van der Waals surface area contributed by atoms with Gasteiger partial charge in [0.15, 0.2) is 0 Å². The average Bonchev–Trinajstić information content (AvgIpc) is 3.54. The molecule has 14 heteroatoms. The molecule has 1 aliphatic rings. The molecule has 1 aromatic rings. The van der Waals surface area contributed by atoms with E-state index < -0.39 is 47.9 Å². The third-order valence-electron chi connectivity index (χ3n) is 5.86. The molecule has 2 rings (SSSR count). The lowest BCUT2D eigenvalue weighted by Crippen LogP contribution is -2.57. The van der Waals surface area contributed by atoms with Crippen LogP contribution in [0.4, 0.5) is 0 Å². The first-order valence-electron chi connectivity index (χ1n) is 12.0. The second-order valence-corrected chi connectivity index (χ2v) is 8.74. The number of unbranched alkanes of at least 4 members (excludes halogenated alkanes) is 1. The van der Waals surface area contributed by atoms with Gasteiger partial charge in [0.2, 0.25) is 23.6 Å². The van der Waals surface area contributed by atoms with E-state index in [2.05, 4.69) is 31.2 Å². The smallest absolute Gasteiger partial charge is 0.326 e. The van der Waals surface area contributed by atoms with E-state index in [-0.39, 0.29) is 25.2 Å². The van der Waals surface area contributed by atoms with Crippen molar-refractivity contribution in [1.82, 2.24) is 31.2 Å². The zero-order valence-corrected chi connectivity index (χ0v) is 20.1. The maximum atomic E-state index is 13.1. The molecule has 10 N–H and O–H groups in total. The van der Waals surface area contributed by atoms with Gasteiger partial charge in [-0.15, -0.1) is 0 Å². The SMILES string of the molecule is NCCCCC(NC(=O)C1CCCN1)C(=O)NC(CCC(N)=O)C(=O)NC(Cc1cnc[nH]1)C(=O)O. The van der Waals surface area contributed by atoms with E-state index in [0.29, 0.717) is 44.5 Å². The molecule has 4 amide bonds. The quantitative estimate of drug-likeness (QED) is 0.111. The van der Waals surface area contributed by atoms with Gasteiger partial charge in [0.25, 0.3) is 0 Å². The van der Waals surface area contributed by atoms with Crippen LogP contribution in [0.3, 0.4) is 0 Å². The normalized spacial score (nSPS) is 17.5. The Morgan fingerprint density at radius 1 is 1.06 bits per heavy atom. The molecule has 0 spiro atoms. The van der Waals surface area contributed by atoms with Crippen LogP contribution in [0.2, 0.25) is 0 Å². The fourth-order valence-corrected chi connectivity index (χ4v) is 3.86. The third-order valence-corrected chi connectivity index (χ3v) is 5.86. The number of hydrogen-bond donors (Lipinski definition) is 8. The summed E-state index contributed by atoms with van der Waals surface area (Å²) >= 11 is 0. The molecular formula is C22H36N8O6. The number of aliphatic carboxylic acids is 1. The maximum absolute atomic E-state index is 13.1. The van der Waals surface area contributed by atoms with Crippen LogP contribution >= 0.6 is 0 Å². The summed E-state index contributed by atoms with van der Waals surface area (Å²) in [5, 5.41) is 20.3. The predicted molar refractivity (Wildman–Crippen MR) is 128 cm³/mol. The number of rotatable bonds is 16. The zero-order valence-electron chi connectivity index (χ0n) is 20.1. The first-order valence-corrected chi connectivity index (χ1v) is 12.0. The van der Waals surface area contributed by atoms with Gasteiger partial charge >= 0.3 is 5.97 Å². The second kappa shape index (κ2) is 14.8. The van der Waals surface area contributed by atoms with Crippen LogP contribution in [0, 0.1) is 0 Å². The van der Waals surface area contributed by atoms with E-state index >= 15 is 0 Å². The number of aromatic amines is 1. The van der Waals surface area contributed by atoms with Crippen molar-refractivity contribution in [1.29, 1.82) is 0 Å². The van der Waals surface area contributed by atoms with Crippen LogP contribution in [0.15, 0.2) is 12.5 Å². The van der Waals surface area contributed by atoms with Crippen LogP contribution < -0.4 is 32.7 Å². The number of carbonyl (C=O) groups excluding carboxylic acids is 4. The molecule has 4 unspecified atom stereocenters. The minimum atomic E-state index is -1.31. The Labute approximate surface area is 208 Å². The van der Waals surface area contributed by atoms with E-state index in [1.807, 2.05) is 0 Å². The molecular weight excluding hydrogens is 472 g/mol. The van der Waals surface area contributed by atoms with Crippen molar-refractivity contribution in [3.63, 3.8) is 0 Å². The molecule has 36 heavy (non-hydrogen) atoms. The van der Waals surface area contributed by atoms with Crippen LogP contribution in [0.5, 0.6) is 0 Å². The van der Waals surface area contributed by atoms with Crippen molar-refractivity contribution >= 4 is 29.6 Å². The van der Waals surface area contributed by atoms with Crippen LogP contribution in [-0.2, 0) is 30.4 Å². The first-order chi connectivity index (χ1) is 17.2. The number of nitrogens with zero attached hydrogens (tertiary/aromatic N) is 1. The highest BCUT2D eigenvalue weighted by atomic mass is 16.4. The van der Waals surface area contributed by atoms with E-state index in [0.717, 1.165) is 6.42 Å². The number of nitrogens with one attached hydrogen (secondary N) is 5. The molecule has 14 nitrogen and oxygen atoms in total. The van der Waals surface area contributed by atoms with Crippen molar-refractivity contribution in [2.24, 2.45) is 11.5 Å². The lowest BCUT2D eigenvalue weighted by atomic mass is 10.0. The minimum Gasteiger partial charge on any atom is -0.480 e. The highest BCUT2D eigenvalue weighted by Gasteiger charge is 2.31. The Kier molecular flexibility index (Phi) is 11.8. The number of imidazole rings is 1. The van der Waals surface area contributed by atoms with Crippen LogP contribution in [-0.4, -0.2) is 81.9 Å². The monoisotopic (exact) mass is 508 g/mol. The van der Waals surface area contributed by atoms with Crippen molar-refractivity contribution in [3.8, 4) is 0 Å². The summed E-state index contributed by atoms with van der Waals surface area (Å²) in [4.78, 5) is 68.3. The molecule has 1 aliphatic heterocycles. The molecule has 1 saturated heterocycles. The van der Waals surface area contributed by atoms with Gasteiger partial charge < -0.3 is 42.8 Å². The van der Waals surface area contributed by atoms with Crippen molar-refractivity contribution in [2.75, 3.05) is 13.1 Å². The van der Waals surface area contributed by atoms with Crippen molar-refractivity contribution in [2.45, 2.75) is 75.5 Å². The molecule has 1 fully saturated rings. The number of hydrogen-bond acceptors (Lipinski definition) is 8. The molecule has 2 heterocycles. The van der Waals surface area contributed by atoms with Crippen LogP contribution in [0.25, 0.3) is 0 Å². The van der Waals surface area contributed by atoms with E-state index in [4.69, 9.17) is 11.5 Å². The van der Waals surface area contributed by atoms with E-state index in [1.54, 1.807) is 0 Å². The van der Waals surface area contributed by atoms with Gasteiger partial charge in [-0.2, -0.15) is 0 Å². The largest absolute Gasteiger partial charge is 0.480 e. The average molecular weight is 509 g/mol. The molecule has 200 valence electrons. The summed E-state index contributed by atoms with van der Waals surface area (Å²) in [7, 11) is 0. The van der Waals surface area contributed by atoms with Gasteiger partial charge in [-0.25, -0.2) is 9.78 Å². The summed E-state index contributed by atoms with van der Waals surface area (Å²) in [5.74, 6) is -3.70. The number of amides is 4. The predicted octanol–water partition coefficient (Wildman–Crippen LogP) is -2.36. The highest BCUT2D eigenvalue weighted by Crippen LogP contribution is 2.09. The number of carbonyl (C=O) groups is 5. The van der Waals surface area contributed by atoms with Crippen molar-refractivity contribution in [3.05, 3.63) is 18.2 Å². The maximum Gasteiger partial charge on any atom is 0.326 e. The van der Waals surface area contributed by atoms with E-state index in [1.165, 1.54) is 12.5 Å². The van der Waals surface area contributed by atoms with Gasteiger partial charge in [0, 0.05) is 24.7 Å². The summed E-state index contributed by atoms with van der Waals surface area (Å²) in [5.41, 5.74) is 11.3. The Balaban J connectivity index is 2.10. The van der Waals surface area contributed by atoms with Gasteiger partial charge in [-0.05, 0) is 51.6 Å². The molecule has 0 saturated carbocycles.